The third kappa shape index (κ3) is 4.54. The fourth-order valence-electron chi connectivity index (χ4n) is 2.24. The van der Waals surface area contributed by atoms with E-state index in [0.717, 1.165) is 24.9 Å². The predicted octanol–water partition coefficient (Wildman–Crippen LogP) is 2.38. The molecule has 1 saturated carbocycles. The number of carbonyl (C=O) groups is 1. The van der Waals surface area contributed by atoms with Crippen molar-refractivity contribution in [1.82, 2.24) is 25.5 Å². The predicted molar refractivity (Wildman–Crippen MR) is 89.7 cm³/mol. The molecule has 1 amide bonds. The Bertz CT molecular complexity index is 651. The lowest BCUT2D eigenvalue weighted by Crippen LogP contribution is -2.27. The van der Waals surface area contributed by atoms with Gasteiger partial charge in [0.05, 0.1) is 11.4 Å². The molecule has 6 nitrogen and oxygen atoms in total. The van der Waals surface area contributed by atoms with E-state index in [0.29, 0.717) is 17.0 Å². The second kappa shape index (κ2) is 7.59. The normalized spacial score (nSPS) is 14.0. The molecule has 1 heterocycles. The summed E-state index contributed by atoms with van der Waals surface area (Å²) in [4.78, 5) is 11.8. The van der Waals surface area contributed by atoms with Gasteiger partial charge in [-0.25, -0.2) is 0 Å². The highest BCUT2D eigenvalue weighted by molar-refractivity contribution is 7.99. The van der Waals surface area contributed by atoms with Crippen LogP contribution < -0.4 is 5.32 Å². The number of hydrogen-bond donors (Lipinski definition) is 1. The number of tetrazole rings is 1. The lowest BCUT2D eigenvalue weighted by Gasteiger charge is -2.06. The molecule has 0 saturated heterocycles. The largest absolute Gasteiger partial charge is 0.353 e. The number of carbonyl (C=O) groups excluding carboxylic acids is 1. The molecule has 1 aliphatic rings. The maximum absolute atomic E-state index is 11.8. The molecular weight excluding hydrogens is 310 g/mol. The minimum absolute atomic E-state index is 0.0435. The maximum Gasteiger partial charge on any atom is 0.230 e. The van der Waals surface area contributed by atoms with Crippen LogP contribution in [0.15, 0.2) is 29.4 Å². The van der Waals surface area contributed by atoms with Gasteiger partial charge in [0.25, 0.3) is 0 Å². The summed E-state index contributed by atoms with van der Waals surface area (Å²) in [6.07, 6.45) is 5.67. The van der Waals surface area contributed by atoms with Gasteiger partial charge in [-0.15, -0.1) is 5.10 Å². The first kappa shape index (κ1) is 16.0. The third-order valence-electron chi connectivity index (χ3n) is 3.72. The first-order valence-corrected chi connectivity index (χ1v) is 9.04. The second-order valence-electron chi connectivity index (χ2n) is 5.77. The molecule has 0 bridgehead atoms. The van der Waals surface area contributed by atoms with Crippen molar-refractivity contribution in [1.29, 1.82) is 0 Å². The Morgan fingerprint density at radius 2 is 2.13 bits per heavy atom. The molecule has 0 aliphatic heterocycles. The van der Waals surface area contributed by atoms with E-state index in [1.54, 1.807) is 4.68 Å². The van der Waals surface area contributed by atoms with Crippen molar-refractivity contribution in [3.05, 3.63) is 29.8 Å². The first-order valence-electron chi connectivity index (χ1n) is 8.06. The number of aromatic nitrogens is 4. The number of nitrogens with one attached hydrogen (secondary N) is 1. The van der Waals surface area contributed by atoms with Crippen LogP contribution in [0.2, 0.25) is 0 Å². The molecule has 0 radical (unpaired) electrons. The number of hydrogen-bond acceptors (Lipinski definition) is 5. The summed E-state index contributed by atoms with van der Waals surface area (Å²) in [5.74, 6) is 0.382. The topological polar surface area (TPSA) is 72.7 Å². The molecule has 23 heavy (non-hydrogen) atoms. The van der Waals surface area contributed by atoms with Crippen molar-refractivity contribution >= 4 is 17.7 Å². The van der Waals surface area contributed by atoms with Crippen LogP contribution in [0.25, 0.3) is 5.69 Å². The van der Waals surface area contributed by atoms with Gasteiger partial charge in [0.1, 0.15) is 0 Å². The Morgan fingerprint density at radius 3 is 2.83 bits per heavy atom. The summed E-state index contributed by atoms with van der Waals surface area (Å²) >= 11 is 1.36. The minimum atomic E-state index is 0.0435. The summed E-state index contributed by atoms with van der Waals surface area (Å²) in [6.45, 7) is 2.19. The van der Waals surface area contributed by atoms with Crippen LogP contribution in [-0.4, -0.2) is 37.9 Å². The molecule has 122 valence electrons. The van der Waals surface area contributed by atoms with Gasteiger partial charge in [-0.3, -0.25) is 4.79 Å². The van der Waals surface area contributed by atoms with Gasteiger partial charge in [-0.1, -0.05) is 37.2 Å². The average Bonchev–Trinajstić information content (AvgIpc) is 3.25. The van der Waals surface area contributed by atoms with Gasteiger partial charge in [0, 0.05) is 6.04 Å². The Balaban J connectivity index is 1.61. The van der Waals surface area contributed by atoms with Crippen molar-refractivity contribution in [3.8, 4) is 5.69 Å². The standard InChI is InChI=1S/C16H21N5OS/c1-2-3-4-12-5-9-14(10-6-12)21-16(18-19-20-21)23-11-15(22)17-13-7-8-13/h5-6,9-10,13H,2-4,7-8,11H2,1H3,(H,17,22). The molecule has 1 N–H and O–H groups in total. The number of rotatable bonds is 8. The minimum Gasteiger partial charge on any atom is -0.353 e. The van der Waals surface area contributed by atoms with E-state index >= 15 is 0 Å². The van der Waals surface area contributed by atoms with E-state index in [9.17, 15) is 4.79 Å². The fraction of sp³-hybridized carbons (Fsp3) is 0.500. The zero-order chi connectivity index (χ0) is 16.1. The first-order chi connectivity index (χ1) is 11.3. The van der Waals surface area contributed by atoms with Crippen molar-refractivity contribution in [2.45, 2.75) is 50.2 Å². The van der Waals surface area contributed by atoms with Crippen LogP contribution in [0, 0.1) is 0 Å². The summed E-state index contributed by atoms with van der Waals surface area (Å²) in [6, 6.07) is 8.66. The van der Waals surface area contributed by atoms with Crippen molar-refractivity contribution < 1.29 is 4.79 Å². The van der Waals surface area contributed by atoms with Crippen molar-refractivity contribution in [2.24, 2.45) is 0 Å². The third-order valence-corrected chi connectivity index (χ3v) is 4.63. The summed E-state index contributed by atoms with van der Waals surface area (Å²) < 4.78 is 1.68. The fourth-order valence-corrected chi connectivity index (χ4v) is 2.94. The SMILES string of the molecule is CCCCc1ccc(-n2nnnc2SCC(=O)NC2CC2)cc1. The lowest BCUT2D eigenvalue weighted by atomic mass is 10.1. The molecule has 3 rings (SSSR count). The monoisotopic (exact) mass is 331 g/mol. The summed E-state index contributed by atoms with van der Waals surface area (Å²) in [5, 5.41) is 15.4. The van der Waals surface area contributed by atoms with Gasteiger partial charge in [-0.2, -0.15) is 4.68 Å². The van der Waals surface area contributed by atoms with Crippen LogP contribution in [0.5, 0.6) is 0 Å². The summed E-state index contributed by atoms with van der Waals surface area (Å²) in [7, 11) is 0. The Kier molecular flexibility index (Phi) is 5.27. The Morgan fingerprint density at radius 1 is 1.35 bits per heavy atom. The van der Waals surface area contributed by atoms with E-state index in [2.05, 4.69) is 39.9 Å². The van der Waals surface area contributed by atoms with Gasteiger partial charge >= 0.3 is 0 Å². The highest BCUT2D eigenvalue weighted by atomic mass is 32.2. The second-order valence-corrected chi connectivity index (χ2v) is 6.72. The molecule has 2 aromatic rings. The Labute approximate surface area is 140 Å². The van der Waals surface area contributed by atoms with Crippen LogP contribution in [0.3, 0.4) is 0 Å². The number of thioether (sulfide) groups is 1. The average molecular weight is 331 g/mol. The molecule has 0 unspecified atom stereocenters. The van der Waals surface area contributed by atoms with Crippen molar-refractivity contribution in [3.63, 3.8) is 0 Å². The zero-order valence-electron chi connectivity index (χ0n) is 13.2. The van der Waals surface area contributed by atoms with Crippen molar-refractivity contribution in [2.75, 3.05) is 5.75 Å². The van der Waals surface area contributed by atoms with Crippen LogP contribution in [0.4, 0.5) is 0 Å². The molecule has 1 aromatic carbocycles. The molecule has 0 spiro atoms. The van der Waals surface area contributed by atoms with Crippen LogP contribution in [0.1, 0.15) is 38.2 Å². The van der Waals surface area contributed by atoms with E-state index < -0.39 is 0 Å². The highest BCUT2D eigenvalue weighted by Gasteiger charge is 2.23. The number of unbranched alkanes of at least 4 members (excludes halogenated alkanes) is 1. The van der Waals surface area contributed by atoms with Gasteiger partial charge < -0.3 is 5.32 Å². The molecule has 1 aromatic heterocycles. The van der Waals surface area contributed by atoms with Crippen LogP contribution in [-0.2, 0) is 11.2 Å². The van der Waals surface area contributed by atoms with Gasteiger partial charge in [0.2, 0.25) is 11.1 Å². The number of aryl methyl sites for hydroxylation is 1. The molecule has 1 aliphatic carbocycles. The molecule has 0 atom stereocenters. The van der Waals surface area contributed by atoms with Gasteiger partial charge in [-0.05, 0) is 53.8 Å². The summed E-state index contributed by atoms with van der Waals surface area (Å²) in [5.41, 5.74) is 2.24. The van der Waals surface area contributed by atoms with E-state index in [-0.39, 0.29) is 5.91 Å². The quantitative estimate of drug-likeness (QED) is 0.752. The number of nitrogens with zero attached hydrogens (tertiary/aromatic N) is 4. The molecule has 1 fully saturated rings. The number of amides is 1. The van der Waals surface area contributed by atoms with Crippen LogP contribution >= 0.6 is 11.8 Å². The van der Waals surface area contributed by atoms with Gasteiger partial charge in [0.15, 0.2) is 0 Å². The van der Waals surface area contributed by atoms with E-state index in [4.69, 9.17) is 0 Å². The maximum atomic E-state index is 11.8. The number of benzene rings is 1. The lowest BCUT2D eigenvalue weighted by molar-refractivity contribution is -0.118. The highest BCUT2D eigenvalue weighted by Crippen LogP contribution is 2.21. The molecule has 7 heteroatoms. The zero-order valence-corrected chi connectivity index (χ0v) is 14.1. The molecular formula is C16H21N5OS. The smallest absolute Gasteiger partial charge is 0.230 e. The van der Waals surface area contributed by atoms with E-state index in [1.807, 2.05) is 12.1 Å². The Hall–Kier alpha value is -1.89. The van der Waals surface area contributed by atoms with E-state index in [1.165, 1.54) is 30.2 Å².